The van der Waals surface area contributed by atoms with E-state index in [1.54, 1.807) is 36.4 Å². The molecule has 0 fully saturated rings. The third-order valence-corrected chi connectivity index (χ3v) is 4.42. The Labute approximate surface area is 158 Å². The molecule has 0 amide bonds. The van der Waals surface area contributed by atoms with Gasteiger partial charge in [-0.3, -0.25) is 9.59 Å². The summed E-state index contributed by atoms with van der Waals surface area (Å²) in [5, 5.41) is 3.81. The third-order valence-electron chi connectivity index (χ3n) is 3.18. The highest BCUT2D eigenvalue weighted by atomic mass is 79.9. The lowest BCUT2D eigenvalue weighted by molar-refractivity contribution is 0.104. The maximum atomic E-state index is 12.5. The molecule has 0 atom stereocenters. The van der Waals surface area contributed by atoms with Gasteiger partial charge in [0.05, 0.1) is 21.3 Å². The van der Waals surface area contributed by atoms with Gasteiger partial charge in [-0.25, -0.2) is 0 Å². The van der Waals surface area contributed by atoms with E-state index < -0.39 is 0 Å². The predicted molar refractivity (Wildman–Crippen MR) is 104 cm³/mol. The molecule has 0 aliphatic rings. The first kappa shape index (κ1) is 18.7. The largest absolute Gasteiger partial charge is 0.382 e. The van der Waals surface area contributed by atoms with Crippen LogP contribution in [0.4, 0.5) is 5.69 Å². The van der Waals surface area contributed by atoms with Crippen LogP contribution in [0.25, 0.3) is 6.08 Å². The summed E-state index contributed by atoms with van der Waals surface area (Å²) in [5.41, 5.74) is 0.844. The second kappa shape index (κ2) is 8.47. The number of benzene rings is 1. The van der Waals surface area contributed by atoms with E-state index in [1.807, 2.05) is 6.92 Å². The zero-order valence-corrected chi connectivity index (χ0v) is 15.9. The number of anilines is 1. The summed E-state index contributed by atoms with van der Waals surface area (Å²) in [6, 6.07) is 9.92. The Hall–Kier alpha value is -1.62. The topological polar surface area (TPSA) is 46.2 Å². The molecule has 2 rings (SSSR count). The van der Waals surface area contributed by atoms with Crippen LogP contribution in [0.5, 0.6) is 0 Å². The quantitative estimate of drug-likeness (QED) is 0.511. The van der Waals surface area contributed by atoms with Crippen LogP contribution in [0, 0.1) is 0 Å². The Balaban J connectivity index is 2.39. The van der Waals surface area contributed by atoms with Crippen LogP contribution in [0.3, 0.4) is 0 Å². The van der Waals surface area contributed by atoms with E-state index >= 15 is 0 Å². The van der Waals surface area contributed by atoms with Crippen molar-refractivity contribution in [1.29, 1.82) is 0 Å². The minimum Gasteiger partial charge on any atom is -0.382 e. The number of carbonyl (C=O) groups is 1. The summed E-state index contributed by atoms with van der Waals surface area (Å²) in [5.74, 6) is -0.387. The maximum Gasteiger partial charge on any atom is 0.212 e. The minimum absolute atomic E-state index is 0.0825. The minimum atomic E-state index is -0.387. The predicted octanol–water partition coefficient (Wildman–Crippen LogP) is 5.44. The van der Waals surface area contributed by atoms with Crippen molar-refractivity contribution in [2.75, 3.05) is 11.9 Å². The number of hydrogen-bond donors (Lipinski definition) is 1. The van der Waals surface area contributed by atoms with E-state index in [9.17, 15) is 9.59 Å². The van der Waals surface area contributed by atoms with Gasteiger partial charge in [-0.15, -0.1) is 0 Å². The molecule has 0 aliphatic carbocycles. The maximum absolute atomic E-state index is 12.5. The molecule has 3 nitrogen and oxygen atoms in total. The third kappa shape index (κ3) is 4.69. The molecule has 0 unspecified atom stereocenters. The molecule has 124 valence electrons. The Morgan fingerprint density at radius 2 is 1.92 bits per heavy atom. The summed E-state index contributed by atoms with van der Waals surface area (Å²) in [7, 11) is 0. The van der Waals surface area contributed by atoms with Crippen LogP contribution < -0.4 is 10.7 Å². The molecule has 1 N–H and O–H groups in total. The van der Waals surface area contributed by atoms with Gasteiger partial charge >= 0.3 is 0 Å². The standard InChI is InChI=1S/C18H14BrCl2NO2/c1-2-22-16-7-5-12(19)10-13(18(16)24)17(23)8-4-11-3-6-14(20)15(21)9-11/h3-10H,2H2,1H3,(H,22,24). The molecule has 0 bridgehead atoms. The lowest BCUT2D eigenvalue weighted by atomic mass is 10.1. The first-order valence-electron chi connectivity index (χ1n) is 7.17. The van der Waals surface area contributed by atoms with Crippen molar-refractivity contribution in [2.24, 2.45) is 0 Å². The van der Waals surface area contributed by atoms with Crippen LogP contribution in [0.2, 0.25) is 10.0 Å². The monoisotopic (exact) mass is 425 g/mol. The molecule has 2 aromatic rings. The van der Waals surface area contributed by atoms with Gasteiger partial charge in [-0.05, 0) is 48.9 Å². The highest BCUT2D eigenvalue weighted by Crippen LogP contribution is 2.23. The van der Waals surface area contributed by atoms with Crippen LogP contribution in [-0.4, -0.2) is 12.3 Å². The first-order chi connectivity index (χ1) is 11.4. The number of ketones is 1. The summed E-state index contributed by atoms with van der Waals surface area (Å²) in [6.07, 6.45) is 2.94. The van der Waals surface area contributed by atoms with E-state index in [0.29, 0.717) is 26.8 Å². The lowest BCUT2D eigenvalue weighted by Crippen LogP contribution is -2.15. The number of halogens is 3. The number of nitrogens with one attached hydrogen (secondary N) is 1. The van der Waals surface area contributed by atoms with Gasteiger partial charge in [0.1, 0.15) is 0 Å². The summed E-state index contributed by atoms with van der Waals surface area (Å²) in [4.78, 5) is 24.9. The van der Waals surface area contributed by atoms with E-state index in [4.69, 9.17) is 23.2 Å². The number of allylic oxidation sites excluding steroid dienone is 1. The fourth-order valence-electron chi connectivity index (χ4n) is 2.03. The number of hydrogen-bond acceptors (Lipinski definition) is 3. The fourth-order valence-corrected chi connectivity index (χ4v) is 2.69. The van der Waals surface area contributed by atoms with E-state index in [-0.39, 0.29) is 16.8 Å². The van der Waals surface area contributed by atoms with Crippen LogP contribution >= 0.6 is 39.1 Å². The second-order valence-electron chi connectivity index (χ2n) is 4.92. The van der Waals surface area contributed by atoms with Crippen molar-refractivity contribution in [2.45, 2.75) is 6.92 Å². The zero-order chi connectivity index (χ0) is 17.7. The van der Waals surface area contributed by atoms with Gasteiger partial charge in [-0.1, -0.05) is 51.3 Å². The Kier molecular flexibility index (Phi) is 6.60. The summed E-state index contributed by atoms with van der Waals surface area (Å²) >= 11 is 15.1. The van der Waals surface area contributed by atoms with Crippen LogP contribution in [0.1, 0.15) is 22.8 Å². The molecule has 0 saturated carbocycles. The average Bonchev–Trinajstić information content (AvgIpc) is 2.69. The van der Waals surface area contributed by atoms with Crippen molar-refractivity contribution in [3.05, 3.63) is 78.3 Å². The Morgan fingerprint density at radius 1 is 1.17 bits per heavy atom. The van der Waals surface area contributed by atoms with Gasteiger partial charge in [-0.2, -0.15) is 0 Å². The van der Waals surface area contributed by atoms with Gasteiger partial charge < -0.3 is 5.32 Å². The summed E-state index contributed by atoms with van der Waals surface area (Å²) in [6.45, 7) is 2.47. The van der Waals surface area contributed by atoms with Gasteiger partial charge in [0.25, 0.3) is 0 Å². The number of carbonyl (C=O) groups excluding carboxylic acids is 1. The highest BCUT2D eigenvalue weighted by molar-refractivity contribution is 9.10. The normalized spacial score (nSPS) is 10.8. The molecule has 0 aromatic heterocycles. The molecule has 2 aromatic carbocycles. The average molecular weight is 427 g/mol. The van der Waals surface area contributed by atoms with Gasteiger partial charge in [0.2, 0.25) is 5.43 Å². The molecule has 0 spiro atoms. The van der Waals surface area contributed by atoms with Crippen molar-refractivity contribution in [3.63, 3.8) is 0 Å². The molecule has 0 aliphatic heterocycles. The molecule has 0 radical (unpaired) electrons. The highest BCUT2D eigenvalue weighted by Gasteiger charge is 2.10. The fraction of sp³-hybridized carbons (Fsp3) is 0.111. The summed E-state index contributed by atoms with van der Waals surface area (Å²) < 4.78 is 0.648. The smallest absolute Gasteiger partial charge is 0.212 e. The molecule has 6 heteroatoms. The zero-order valence-electron chi connectivity index (χ0n) is 12.8. The van der Waals surface area contributed by atoms with Gasteiger partial charge in [0, 0.05) is 11.0 Å². The van der Waals surface area contributed by atoms with E-state index in [1.165, 1.54) is 12.1 Å². The second-order valence-corrected chi connectivity index (χ2v) is 6.65. The van der Waals surface area contributed by atoms with E-state index in [2.05, 4.69) is 21.2 Å². The molecular weight excluding hydrogens is 413 g/mol. The van der Waals surface area contributed by atoms with Crippen molar-refractivity contribution in [1.82, 2.24) is 0 Å². The molecule has 0 heterocycles. The Bertz CT molecular complexity index is 866. The van der Waals surface area contributed by atoms with Crippen molar-refractivity contribution >= 4 is 56.7 Å². The molecular formula is C18H14BrCl2NO2. The van der Waals surface area contributed by atoms with Crippen LogP contribution in [0.15, 0.2) is 51.7 Å². The first-order valence-corrected chi connectivity index (χ1v) is 8.72. The van der Waals surface area contributed by atoms with Crippen molar-refractivity contribution in [3.8, 4) is 0 Å². The molecule has 0 saturated heterocycles. The number of rotatable bonds is 5. The Morgan fingerprint density at radius 3 is 2.58 bits per heavy atom. The van der Waals surface area contributed by atoms with E-state index in [0.717, 1.165) is 5.56 Å². The SMILES string of the molecule is CCNc1ccc(Br)cc(C(=O)C=Cc2ccc(Cl)c(Cl)c2)c1=O. The van der Waals surface area contributed by atoms with Crippen LogP contribution in [-0.2, 0) is 0 Å². The lowest BCUT2D eigenvalue weighted by Gasteiger charge is -1.99. The van der Waals surface area contributed by atoms with Gasteiger partial charge in [0.15, 0.2) is 5.78 Å². The molecule has 24 heavy (non-hydrogen) atoms. The van der Waals surface area contributed by atoms with Crippen molar-refractivity contribution < 1.29 is 4.79 Å².